The predicted octanol–water partition coefficient (Wildman–Crippen LogP) is 4.67. The normalized spacial score (nSPS) is 38.6. The molecule has 0 aliphatic carbocycles. The van der Waals surface area contributed by atoms with Gasteiger partial charge in [-0.2, -0.15) is 0 Å². The minimum atomic E-state index is -1.36. The van der Waals surface area contributed by atoms with Crippen molar-refractivity contribution in [1.29, 1.82) is 0 Å². The molecule has 344 valence electrons. The van der Waals surface area contributed by atoms with Gasteiger partial charge in [0.15, 0.2) is 18.4 Å². The van der Waals surface area contributed by atoms with Gasteiger partial charge in [0.2, 0.25) is 0 Å². The van der Waals surface area contributed by atoms with Gasteiger partial charge in [-0.15, -0.1) is 0 Å². The van der Waals surface area contributed by atoms with Gasteiger partial charge in [0.05, 0.1) is 37.9 Å². The van der Waals surface area contributed by atoms with Crippen LogP contribution in [0.15, 0.2) is 24.3 Å². The number of likely N-dealkylation sites (N-methyl/N-ethyl adjacent to an activating group) is 1. The highest BCUT2D eigenvalue weighted by Crippen LogP contribution is 2.39. The second-order valence-electron chi connectivity index (χ2n) is 17.2. The van der Waals surface area contributed by atoms with Gasteiger partial charge < -0.3 is 52.7 Å². The van der Waals surface area contributed by atoms with Crippen LogP contribution in [-0.4, -0.2) is 148 Å². The molecule has 0 spiro atoms. The topological polar surface area (TPSA) is 184 Å². The SMILES string of the molecule is CCC(=O)O[C@@H]1CC(=O)O[C@H](C)C/C=C/C=C/C(=O)[C@H](C)C[C@H](CC=O)[C@H](O[C@@H]2O[C@H](C)[C@@H](O[C@@H]3C[C@@](C)(OOC)[C@@H](OCCC(C)C)[C@H](C)O3)[C@H](N(C)C)[C@H]2O)C1OC. The molecule has 2 saturated heterocycles. The molecule has 1 unspecified atom stereocenters. The Morgan fingerprint density at radius 2 is 1.75 bits per heavy atom. The zero-order valence-electron chi connectivity index (χ0n) is 37.8. The maximum atomic E-state index is 13.4. The van der Waals surface area contributed by atoms with E-state index in [2.05, 4.69) is 13.8 Å². The summed E-state index contributed by atoms with van der Waals surface area (Å²) in [6.07, 6.45) is -1.54. The molecule has 15 atom stereocenters. The fraction of sp³-hybridized carbons (Fsp3) is 0.818. The number of aliphatic hydroxyl groups is 1. The lowest BCUT2D eigenvalue weighted by Gasteiger charge is -2.50. The van der Waals surface area contributed by atoms with Crippen molar-refractivity contribution in [3.8, 4) is 0 Å². The van der Waals surface area contributed by atoms with Crippen LogP contribution >= 0.6 is 0 Å². The Labute approximate surface area is 356 Å². The third-order valence-electron chi connectivity index (χ3n) is 11.4. The largest absolute Gasteiger partial charge is 0.462 e. The molecule has 0 aromatic heterocycles. The molecule has 0 aromatic rings. The van der Waals surface area contributed by atoms with E-state index in [1.54, 1.807) is 64.9 Å². The highest BCUT2D eigenvalue weighted by atomic mass is 17.2. The third-order valence-corrected chi connectivity index (χ3v) is 11.4. The Kier molecular flexibility index (Phi) is 21.4. The molecule has 3 rings (SSSR count). The number of hydrogen-bond donors (Lipinski definition) is 1. The van der Waals surface area contributed by atoms with Crippen molar-refractivity contribution in [3.63, 3.8) is 0 Å². The van der Waals surface area contributed by atoms with Gasteiger partial charge in [0.25, 0.3) is 0 Å². The first kappa shape index (κ1) is 51.7. The minimum absolute atomic E-state index is 0.00422. The summed E-state index contributed by atoms with van der Waals surface area (Å²) in [6, 6.07) is -0.729. The number of aliphatic hydroxyl groups excluding tert-OH is 1. The van der Waals surface area contributed by atoms with Crippen LogP contribution in [0.2, 0.25) is 0 Å². The highest BCUT2D eigenvalue weighted by Gasteiger charge is 2.53. The van der Waals surface area contributed by atoms with Gasteiger partial charge in [-0.05, 0) is 72.5 Å². The van der Waals surface area contributed by atoms with Crippen LogP contribution in [0.5, 0.6) is 0 Å². The van der Waals surface area contributed by atoms with Crippen molar-refractivity contribution < 1.29 is 72.0 Å². The number of hydrogen-bond acceptors (Lipinski definition) is 16. The summed E-state index contributed by atoms with van der Waals surface area (Å²) in [7, 11) is 6.41. The van der Waals surface area contributed by atoms with E-state index in [-0.39, 0.29) is 31.5 Å². The van der Waals surface area contributed by atoms with E-state index < -0.39 is 109 Å². The van der Waals surface area contributed by atoms with E-state index >= 15 is 0 Å². The van der Waals surface area contributed by atoms with Crippen molar-refractivity contribution in [2.24, 2.45) is 17.8 Å². The van der Waals surface area contributed by atoms with E-state index in [4.69, 9.17) is 47.7 Å². The van der Waals surface area contributed by atoms with Gasteiger partial charge in [0, 0.05) is 45.3 Å². The zero-order chi connectivity index (χ0) is 44.7. The van der Waals surface area contributed by atoms with E-state index in [0.29, 0.717) is 25.2 Å². The smallest absolute Gasteiger partial charge is 0.309 e. The van der Waals surface area contributed by atoms with Crippen LogP contribution < -0.4 is 0 Å². The number of esters is 2. The summed E-state index contributed by atoms with van der Waals surface area (Å²) < 4.78 is 50.0. The number of ketones is 1. The first-order chi connectivity index (χ1) is 28.4. The van der Waals surface area contributed by atoms with Gasteiger partial charge in [-0.1, -0.05) is 45.9 Å². The molecule has 0 saturated carbocycles. The fourth-order valence-electron chi connectivity index (χ4n) is 8.27. The van der Waals surface area contributed by atoms with Crippen molar-refractivity contribution in [2.45, 2.75) is 179 Å². The average Bonchev–Trinajstić information content (AvgIpc) is 3.16. The molecule has 60 heavy (non-hydrogen) atoms. The quantitative estimate of drug-likeness (QED) is 0.0977. The van der Waals surface area contributed by atoms with Gasteiger partial charge in [0.1, 0.15) is 48.5 Å². The molecule has 0 bridgehead atoms. The number of ether oxygens (including phenoxy) is 8. The number of methoxy groups -OCH3 is 1. The van der Waals surface area contributed by atoms with Crippen molar-refractivity contribution in [1.82, 2.24) is 4.90 Å². The number of allylic oxidation sites excluding steroid dienone is 3. The Hall–Kier alpha value is -2.64. The van der Waals surface area contributed by atoms with Gasteiger partial charge in [-0.3, -0.25) is 14.4 Å². The summed E-state index contributed by atoms with van der Waals surface area (Å²) >= 11 is 0. The Bertz CT molecular complexity index is 1410. The molecule has 3 heterocycles. The lowest BCUT2D eigenvalue weighted by atomic mass is 9.83. The second-order valence-corrected chi connectivity index (χ2v) is 17.2. The number of aldehydes is 1. The number of carbonyl (C=O) groups excluding carboxylic acids is 4. The monoisotopic (exact) mass is 855 g/mol. The Morgan fingerprint density at radius 1 is 1.03 bits per heavy atom. The standard InChI is InChI=1S/C44H73NO15/c1-13-34(48)57-33-24-35(49)54-28(5)17-15-14-16-18-32(47)27(4)23-31(19-21-46)40(41(33)51-11)59-43-38(50)37(45(9)10)39(29(6)56-43)58-36-25-44(8,60-52-12)42(30(7)55-36)53-22-20-26(2)3/h14-16,18,21,26-31,33,36-43,50H,13,17,19-20,22-25H2,1-12H3/b15-14+,18-16+/t27-,28-,29-,30+,31+,33-,36-,37-,38-,39-,40+,41?,42+,43+,44-/m1/s1. The van der Waals surface area contributed by atoms with E-state index in [0.717, 1.165) is 6.42 Å². The van der Waals surface area contributed by atoms with Crippen molar-refractivity contribution in [3.05, 3.63) is 24.3 Å². The zero-order valence-corrected chi connectivity index (χ0v) is 37.8. The molecular weight excluding hydrogens is 782 g/mol. The Morgan fingerprint density at radius 3 is 2.37 bits per heavy atom. The summed E-state index contributed by atoms with van der Waals surface area (Å²) in [4.78, 5) is 64.7. The van der Waals surface area contributed by atoms with Crippen LogP contribution in [0.1, 0.15) is 100 Å². The maximum Gasteiger partial charge on any atom is 0.309 e. The Balaban J connectivity index is 2.01. The summed E-state index contributed by atoms with van der Waals surface area (Å²) in [5.41, 5.74) is -0.940. The molecule has 1 N–H and O–H groups in total. The molecule has 0 radical (unpaired) electrons. The molecule has 2 fully saturated rings. The molecule has 16 nitrogen and oxygen atoms in total. The van der Waals surface area contributed by atoms with Crippen LogP contribution in [-0.2, 0) is 66.8 Å². The van der Waals surface area contributed by atoms with E-state index in [9.17, 15) is 24.3 Å². The molecule has 0 aromatic carbocycles. The molecule has 0 amide bonds. The molecular formula is C44H73NO15. The lowest BCUT2D eigenvalue weighted by Crippen LogP contribution is -2.66. The van der Waals surface area contributed by atoms with Crippen molar-refractivity contribution >= 4 is 24.0 Å². The average molecular weight is 856 g/mol. The van der Waals surface area contributed by atoms with Gasteiger partial charge >= 0.3 is 11.9 Å². The summed E-state index contributed by atoms with van der Waals surface area (Å²) in [5, 5.41) is 12.2. The highest BCUT2D eigenvalue weighted by molar-refractivity contribution is 5.91. The summed E-state index contributed by atoms with van der Waals surface area (Å²) in [5.74, 6) is -2.28. The van der Waals surface area contributed by atoms with E-state index in [1.807, 2.05) is 13.8 Å². The van der Waals surface area contributed by atoms with Crippen molar-refractivity contribution in [2.75, 3.05) is 34.9 Å². The third kappa shape index (κ3) is 14.7. The second kappa shape index (κ2) is 24.9. The summed E-state index contributed by atoms with van der Waals surface area (Å²) in [6.45, 7) is 15.4. The van der Waals surface area contributed by atoms with E-state index in [1.165, 1.54) is 20.3 Å². The number of nitrogens with zero attached hydrogens (tertiary/aromatic N) is 1. The minimum Gasteiger partial charge on any atom is -0.462 e. The number of cyclic esters (lactones) is 1. The van der Waals surface area contributed by atoms with Crippen LogP contribution in [0, 0.1) is 17.8 Å². The lowest BCUT2D eigenvalue weighted by molar-refractivity contribution is -0.407. The number of rotatable bonds is 16. The molecule has 16 heteroatoms. The first-order valence-corrected chi connectivity index (χ1v) is 21.4. The molecule has 3 aliphatic heterocycles. The first-order valence-electron chi connectivity index (χ1n) is 21.4. The molecule has 3 aliphatic rings. The fourth-order valence-corrected chi connectivity index (χ4v) is 8.27. The van der Waals surface area contributed by atoms with Crippen LogP contribution in [0.25, 0.3) is 0 Å². The maximum absolute atomic E-state index is 13.4. The number of carbonyl (C=O) groups is 4. The van der Waals surface area contributed by atoms with Crippen LogP contribution in [0.4, 0.5) is 0 Å². The van der Waals surface area contributed by atoms with Crippen LogP contribution in [0.3, 0.4) is 0 Å². The van der Waals surface area contributed by atoms with Gasteiger partial charge in [-0.25, -0.2) is 9.78 Å². The predicted molar refractivity (Wildman–Crippen MR) is 219 cm³/mol.